The Labute approximate surface area is 156 Å². The van der Waals surface area contributed by atoms with Gasteiger partial charge in [-0.1, -0.05) is 6.07 Å². The maximum atomic E-state index is 13.9. The van der Waals surface area contributed by atoms with Crippen LogP contribution in [0.25, 0.3) is 10.9 Å². The number of hydrogen-bond acceptors (Lipinski definition) is 7. The number of benzene rings is 2. The first-order valence-electron chi connectivity index (χ1n) is 8.12. The van der Waals surface area contributed by atoms with Gasteiger partial charge >= 0.3 is 0 Å². The smallest absolute Gasteiger partial charge is 0.205 e. The second kappa shape index (κ2) is 7.94. The van der Waals surface area contributed by atoms with Crippen molar-refractivity contribution in [3.63, 3.8) is 0 Å². The first kappa shape index (κ1) is 18.5. The summed E-state index contributed by atoms with van der Waals surface area (Å²) in [7, 11) is 6.04. The van der Waals surface area contributed by atoms with Gasteiger partial charge in [0.25, 0.3) is 0 Å². The molecule has 0 bridgehead atoms. The molecule has 0 atom stereocenters. The largest absolute Gasteiger partial charge is 0.494 e. The average Bonchev–Trinajstić information content (AvgIpc) is 2.70. The highest BCUT2D eigenvalue weighted by Crippen LogP contribution is 2.43. The van der Waals surface area contributed by atoms with E-state index in [1.165, 1.54) is 33.7 Å². The molecule has 1 aromatic heterocycles. The minimum Gasteiger partial charge on any atom is -0.494 e. The third kappa shape index (κ3) is 3.51. The number of rotatable bonds is 7. The molecule has 0 saturated carbocycles. The van der Waals surface area contributed by atoms with E-state index in [0.29, 0.717) is 40.5 Å². The molecule has 142 valence electrons. The van der Waals surface area contributed by atoms with Crippen LogP contribution in [0.1, 0.15) is 5.56 Å². The van der Waals surface area contributed by atoms with E-state index in [9.17, 15) is 4.39 Å². The van der Waals surface area contributed by atoms with Crippen molar-refractivity contribution in [1.29, 1.82) is 0 Å². The zero-order chi connectivity index (χ0) is 19.4. The zero-order valence-electron chi connectivity index (χ0n) is 15.5. The zero-order valence-corrected chi connectivity index (χ0v) is 15.5. The number of methoxy groups -OCH3 is 4. The van der Waals surface area contributed by atoms with E-state index in [0.717, 1.165) is 5.56 Å². The lowest BCUT2D eigenvalue weighted by molar-refractivity contribution is 0.327. The summed E-state index contributed by atoms with van der Waals surface area (Å²) in [6, 6.07) is 6.55. The van der Waals surface area contributed by atoms with Gasteiger partial charge < -0.3 is 24.3 Å². The van der Waals surface area contributed by atoms with Crippen molar-refractivity contribution in [2.75, 3.05) is 33.8 Å². The van der Waals surface area contributed by atoms with Crippen molar-refractivity contribution in [2.45, 2.75) is 6.54 Å². The normalized spacial score (nSPS) is 10.6. The molecule has 0 unspecified atom stereocenters. The molecule has 0 aliphatic carbocycles. The standard InChI is InChI=1S/C19H20FN3O4/c1-24-14-6-5-11(7-13(14)20)9-21-19-12-8-15(25-2)17(26-3)18(27-4)16(12)22-10-23-19/h5-8,10H,9H2,1-4H3,(H,21,22,23). The molecule has 0 aliphatic rings. The maximum absolute atomic E-state index is 13.9. The van der Waals surface area contributed by atoms with Crippen LogP contribution in [0.5, 0.6) is 23.0 Å². The number of halogens is 1. The maximum Gasteiger partial charge on any atom is 0.205 e. The Morgan fingerprint density at radius 1 is 0.889 bits per heavy atom. The molecule has 1 N–H and O–H groups in total. The minimum absolute atomic E-state index is 0.202. The fourth-order valence-corrected chi connectivity index (χ4v) is 2.81. The monoisotopic (exact) mass is 373 g/mol. The first-order chi connectivity index (χ1) is 13.1. The van der Waals surface area contributed by atoms with Crippen LogP contribution >= 0.6 is 0 Å². The lowest BCUT2D eigenvalue weighted by atomic mass is 10.1. The molecular formula is C19H20FN3O4. The number of ether oxygens (including phenoxy) is 4. The second-order valence-corrected chi connectivity index (χ2v) is 5.59. The molecule has 27 heavy (non-hydrogen) atoms. The van der Waals surface area contributed by atoms with E-state index in [4.69, 9.17) is 18.9 Å². The van der Waals surface area contributed by atoms with Gasteiger partial charge in [0.15, 0.2) is 23.1 Å². The number of aromatic nitrogens is 2. The molecule has 0 amide bonds. The Morgan fingerprint density at radius 3 is 2.26 bits per heavy atom. The molecule has 3 rings (SSSR count). The summed E-state index contributed by atoms with van der Waals surface area (Å²) in [4.78, 5) is 8.59. The van der Waals surface area contributed by atoms with Gasteiger partial charge in [-0.15, -0.1) is 0 Å². The van der Waals surface area contributed by atoms with E-state index in [1.54, 1.807) is 25.3 Å². The van der Waals surface area contributed by atoms with Crippen molar-refractivity contribution in [1.82, 2.24) is 9.97 Å². The third-order valence-electron chi connectivity index (χ3n) is 4.11. The average molecular weight is 373 g/mol. The molecule has 0 spiro atoms. The molecule has 0 radical (unpaired) electrons. The molecular weight excluding hydrogens is 353 g/mol. The van der Waals surface area contributed by atoms with E-state index in [-0.39, 0.29) is 5.75 Å². The van der Waals surface area contributed by atoms with Crippen LogP contribution in [0.15, 0.2) is 30.6 Å². The van der Waals surface area contributed by atoms with Crippen LogP contribution in [-0.2, 0) is 6.54 Å². The Hall–Kier alpha value is -3.29. The molecule has 7 nitrogen and oxygen atoms in total. The van der Waals surface area contributed by atoms with Crippen LogP contribution in [0.4, 0.5) is 10.2 Å². The van der Waals surface area contributed by atoms with Gasteiger partial charge in [-0.2, -0.15) is 0 Å². The lowest BCUT2D eigenvalue weighted by Crippen LogP contribution is -2.04. The molecule has 0 aliphatic heterocycles. The van der Waals surface area contributed by atoms with Crippen molar-refractivity contribution >= 4 is 16.7 Å². The highest BCUT2D eigenvalue weighted by Gasteiger charge is 2.19. The third-order valence-corrected chi connectivity index (χ3v) is 4.11. The molecule has 1 heterocycles. The van der Waals surface area contributed by atoms with Gasteiger partial charge in [0.2, 0.25) is 5.75 Å². The molecule has 0 fully saturated rings. The summed E-state index contributed by atoms with van der Waals surface area (Å²) < 4.78 is 35.1. The molecule has 3 aromatic rings. The predicted octanol–water partition coefficient (Wildman–Crippen LogP) is 3.42. The van der Waals surface area contributed by atoms with Crippen LogP contribution in [0, 0.1) is 5.82 Å². The van der Waals surface area contributed by atoms with Crippen molar-refractivity contribution < 1.29 is 23.3 Å². The van der Waals surface area contributed by atoms with Crippen molar-refractivity contribution in [3.05, 3.63) is 42.0 Å². The van der Waals surface area contributed by atoms with E-state index in [1.807, 2.05) is 0 Å². The van der Waals surface area contributed by atoms with Crippen molar-refractivity contribution in [2.24, 2.45) is 0 Å². The quantitative estimate of drug-likeness (QED) is 0.680. The SMILES string of the molecule is COc1ccc(CNc2ncnc3c(OC)c(OC)c(OC)cc23)cc1F. The summed E-state index contributed by atoms with van der Waals surface area (Å²) in [5, 5.41) is 3.89. The van der Waals surface area contributed by atoms with Gasteiger partial charge in [0.1, 0.15) is 17.7 Å². The summed E-state index contributed by atoms with van der Waals surface area (Å²) in [5.74, 6) is 1.75. The van der Waals surface area contributed by atoms with Gasteiger partial charge in [0.05, 0.1) is 33.8 Å². The Kier molecular flexibility index (Phi) is 5.44. The first-order valence-corrected chi connectivity index (χ1v) is 8.12. The molecule has 8 heteroatoms. The van der Waals surface area contributed by atoms with E-state index >= 15 is 0 Å². The van der Waals surface area contributed by atoms with Crippen LogP contribution < -0.4 is 24.3 Å². The number of anilines is 1. The lowest BCUT2D eigenvalue weighted by Gasteiger charge is -2.16. The van der Waals surface area contributed by atoms with Crippen LogP contribution in [-0.4, -0.2) is 38.4 Å². The fourth-order valence-electron chi connectivity index (χ4n) is 2.81. The second-order valence-electron chi connectivity index (χ2n) is 5.59. The van der Waals surface area contributed by atoms with E-state index in [2.05, 4.69) is 15.3 Å². The summed E-state index contributed by atoms with van der Waals surface area (Å²) in [5.41, 5.74) is 1.32. The highest BCUT2D eigenvalue weighted by atomic mass is 19.1. The molecule has 0 saturated heterocycles. The van der Waals surface area contributed by atoms with Crippen molar-refractivity contribution in [3.8, 4) is 23.0 Å². The number of nitrogens with zero attached hydrogens (tertiary/aromatic N) is 2. The highest BCUT2D eigenvalue weighted by molar-refractivity contribution is 5.96. The van der Waals surface area contributed by atoms with E-state index < -0.39 is 5.82 Å². The Morgan fingerprint density at radius 2 is 1.63 bits per heavy atom. The Balaban J connectivity index is 1.98. The summed E-state index contributed by atoms with van der Waals surface area (Å²) in [6.45, 7) is 0.365. The van der Waals surface area contributed by atoms with Crippen LogP contribution in [0.3, 0.4) is 0 Å². The predicted molar refractivity (Wildman–Crippen MR) is 99.5 cm³/mol. The van der Waals surface area contributed by atoms with Gasteiger partial charge in [0, 0.05) is 6.54 Å². The Bertz CT molecular complexity index is 965. The topological polar surface area (TPSA) is 74.7 Å². The fraction of sp³-hybridized carbons (Fsp3) is 0.263. The minimum atomic E-state index is -0.419. The summed E-state index contributed by atoms with van der Waals surface area (Å²) in [6.07, 6.45) is 1.42. The number of hydrogen-bond donors (Lipinski definition) is 1. The van der Waals surface area contributed by atoms with Gasteiger partial charge in [-0.3, -0.25) is 0 Å². The summed E-state index contributed by atoms with van der Waals surface area (Å²) >= 11 is 0. The van der Waals surface area contributed by atoms with Crippen LogP contribution in [0.2, 0.25) is 0 Å². The number of fused-ring (bicyclic) bond motifs is 1. The van der Waals surface area contributed by atoms with Gasteiger partial charge in [-0.05, 0) is 23.8 Å². The number of nitrogens with one attached hydrogen (secondary N) is 1. The molecule has 2 aromatic carbocycles. The van der Waals surface area contributed by atoms with Gasteiger partial charge in [-0.25, -0.2) is 14.4 Å².